The number of halogens is 4. The number of rotatable bonds is 7. The largest absolute Gasteiger partial charge is 0.433 e. The van der Waals surface area contributed by atoms with Gasteiger partial charge in [-0.2, -0.15) is 23.4 Å². The molecule has 12 nitrogen and oxygen atoms in total. The zero-order chi connectivity index (χ0) is 37.7. The van der Waals surface area contributed by atoms with Crippen LogP contribution >= 0.6 is 0 Å². The molecular formula is C38H39F4N9O3. The van der Waals surface area contributed by atoms with E-state index in [0.717, 1.165) is 78.5 Å². The van der Waals surface area contributed by atoms with Gasteiger partial charge in [0.2, 0.25) is 5.91 Å². The van der Waals surface area contributed by atoms with Crippen molar-refractivity contribution in [3.63, 3.8) is 0 Å². The highest BCUT2D eigenvalue weighted by Gasteiger charge is 2.36. The van der Waals surface area contributed by atoms with Crippen molar-refractivity contribution in [2.75, 3.05) is 25.0 Å². The van der Waals surface area contributed by atoms with Crippen LogP contribution in [0.25, 0.3) is 21.8 Å². The van der Waals surface area contributed by atoms with Crippen LogP contribution in [-0.4, -0.2) is 78.0 Å². The first-order valence-corrected chi connectivity index (χ1v) is 18.3. The van der Waals surface area contributed by atoms with Crippen molar-refractivity contribution in [3.8, 4) is 0 Å². The third kappa shape index (κ3) is 7.06. The molecule has 16 heteroatoms. The molecule has 1 aromatic carbocycles. The molecule has 4 aromatic heterocycles. The van der Waals surface area contributed by atoms with Gasteiger partial charge in [0.15, 0.2) is 0 Å². The van der Waals surface area contributed by atoms with Gasteiger partial charge in [-0.25, -0.2) is 14.4 Å². The van der Waals surface area contributed by atoms with Crippen LogP contribution in [0.5, 0.6) is 0 Å². The van der Waals surface area contributed by atoms with Gasteiger partial charge in [-0.3, -0.25) is 29.1 Å². The Bertz CT molecular complexity index is 2240. The van der Waals surface area contributed by atoms with E-state index in [0.29, 0.717) is 30.8 Å². The number of nitrogens with one attached hydrogen (secondary N) is 2. The normalized spacial score (nSPS) is 24.2. The van der Waals surface area contributed by atoms with E-state index in [-0.39, 0.29) is 41.7 Å². The lowest BCUT2D eigenvalue weighted by molar-refractivity contribution is -0.141. The van der Waals surface area contributed by atoms with E-state index in [2.05, 4.69) is 25.5 Å². The minimum atomic E-state index is -4.66. The van der Waals surface area contributed by atoms with Gasteiger partial charge in [0.25, 0.3) is 11.8 Å². The van der Waals surface area contributed by atoms with E-state index < -0.39 is 30.0 Å². The fourth-order valence-corrected chi connectivity index (χ4v) is 8.41. The Labute approximate surface area is 307 Å². The van der Waals surface area contributed by atoms with Crippen LogP contribution in [0.1, 0.15) is 90.4 Å². The van der Waals surface area contributed by atoms with Crippen LogP contribution in [0, 0.1) is 12.8 Å². The van der Waals surface area contributed by atoms with Crippen molar-refractivity contribution >= 4 is 45.3 Å². The molecular weight excluding hydrogens is 706 g/mol. The van der Waals surface area contributed by atoms with Gasteiger partial charge in [-0.05, 0) is 87.7 Å². The van der Waals surface area contributed by atoms with Crippen molar-refractivity contribution in [1.82, 2.24) is 39.7 Å². The molecule has 3 atom stereocenters. The minimum Gasteiger partial charge on any atom is -0.305 e. The van der Waals surface area contributed by atoms with Crippen LogP contribution in [0.2, 0.25) is 0 Å². The van der Waals surface area contributed by atoms with Gasteiger partial charge >= 0.3 is 6.18 Å². The second-order valence-corrected chi connectivity index (χ2v) is 14.7. The number of alkyl halides is 4. The standard InChI is InChI=1S/C38H39F4N9O3/c1-21-35-26(4-2-6-30(35)51(47-21)31-12-13-34(52)46-37(31)54)25-14-15-49(20-27(25)39)18-22-8-10-24(11-9-22)50-19-23-16-33(43-17-29(23)48-50)45-36(53)28-5-3-7-32(44-28)38(40,41)42/h2-7,16-17,19,22,24-25,27,31H,8-15,18,20H2,1H3,(H,45,53)(H,46,52,54)/t22?,24?,25-,27+,31?/m0/s1. The van der Waals surface area contributed by atoms with Crippen molar-refractivity contribution < 1.29 is 31.9 Å². The third-order valence-corrected chi connectivity index (χ3v) is 11.1. The summed E-state index contributed by atoms with van der Waals surface area (Å²) in [4.78, 5) is 46.9. The Balaban J connectivity index is 0.862. The predicted octanol–water partition coefficient (Wildman–Crippen LogP) is 6.29. The van der Waals surface area contributed by atoms with E-state index >= 15 is 4.39 Å². The van der Waals surface area contributed by atoms with E-state index in [1.165, 1.54) is 12.3 Å². The van der Waals surface area contributed by atoms with Gasteiger partial charge in [-0.15, -0.1) is 0 Å². The Morgan fingerprint density at radius 2 is 1.81 bits per heavy atom. The van der Waals surface area contributed by atoms with Crippen molar-refractivity contribution in [3.05, 3.63) is 77.5 Å². The number of hydrogen-bond donors (Lipinski definition) is 2. The second kappa shape index (κ2) is 14.2. The number of nitrogens with zero attached hydrogens (tertiary/aromatic N) is 7. The van der Waals surface area contributed by atoms with Gasteiger partial charge < -0.3 is 10.2 Å². The zero-order valence-electron chi connectivity index (χ0n) is 29.5. The number of likely N-dealkylation sites (tertiary alicyclic amines) is 1. The molecule has 0 radical (unpaired) electrons. The molecule has 0 bridgehead atoms. The highest BCUT2D eigenvalue weighted by molar-refractivity contribution is 6.03. The van der Waals surface area contributed by atoms with Gasteiger partial charge in [0.1, 0.15) is 34.9 Å². The van der Waals surface area contributed by atoms with E-state index in [1.54, 1.807) is 10.7 Å². The molecule has 6 heterocycles. The number of carbonyl (C=O) groups is 3. The number of benzene rings is 1. The maximum Gasteiger partial charge on any atom is 0.433 e. The number of carbonyl (C=O) groups excluding carboxylic acids is 3. The molecule has 3 aliphatic rings. The number of hydrogen-bond acceptors (Lipinski definition) is 8. The van der Waals surface area contributed by atoms with Crippen LogP contribution in [0.3, 0.4) is 0 Å². The SMILES string of the molecule is Cc1nn(C2CCC(=O)NC2=O)c2cccc([C@@H]3CCN(CC4CCC(n5cc6cc(NC(=O)c7cccc(C(F)(F)F)n7)ncc6n5)CC4)C[C@H]3F)c12. The zero-order valence-corrected chi connectivity index (χ0v) is 29.5. The van der Waals surface area contributed by atoms with E-state index in [9.17, 15) is 27.6 Å². The molecule has 54 heavy (non-hydrogen) atoms. The number of fused-ring (bicyclic) bond motifs is 2. The topological polar surface area (TPSA) is 140 Å². The first-order chi connectivity index (χ1) is 25.9. The maximum absolute atomic E-state index is 16.0. The average molecular weight is 746 g/mol. The summed E-state index contributed by atoms with van der Waals surface area (Å²) in [6.45, 7) is 3.84. The minimum absolute atomic E-state index is 0.172. The van der Waals surface area contributed by atoms with Gasteiger partial charge in [0.05, 0.1) is 23.4 Å². The molecule has 2 N–H and O–H groups in total. The molecule has 2 aliphatic heterocycles. The third-order valence-electron chi connectivity index (χ3n) is 11.1. The fourth-order valence-electron chi connectivity index (χ4n) is 8.41. The predicted molar refractivity (Wildman–Crippen MR) is 190 cm³/mol. The van der Waals surface area contributed by atoms with E-state index in [1.807, 2.05) is 36.0 Å². The summed E-state index contributed by atoms with van der Waals surface area (Å²) >= 11 is 0. The monoisotopic (exact) mass is 745 g/mol. The maximum atomic E-state index is 16.0. The Kier molecular flexibility index (Phi) is 9.40. The summed E-state index contributed by atoms with van der Waals surface area (Å²) in [5.41, 5.74) is 1.57. The number of pyridine rings is 2. The average Bonchev–Trinajstić information content (AvgIpc) is 3.72. The number of piperidine rings is 2. The van der Waals surface area contributed by atoms with Gasteiger partial charge in [-0.1, -0.05) is 18.2 Å². The molecule has 282 valence electrons. The quantitative estimate of drug-likeness (QED) is 0.146. The number of aromatic nitrogens is 6. The van der Waals surface area contributed by atoms with E-state index in [4.69, 9.17) is 10.2 Å². The van der Waals surface area contributed by atoms with Crippen LogP contribution in [-0.2, 0) is 15.8 Å². The smallest absolute Gasteiger partial charge is 0.305 e. The summed E-state index contributed by atoms with van der Waals surface area (Å²) in [7, 11) is 0. The summed E-state index contributed by atoms with van der Waals surface area (Å²) in [5, 5.41) is 16.0. The van der Waals surface area contributed by atoms with Crippen molar-refractivity contribution in [2.45, 2.75) is 82.2 Å². The van der Waals surface area contributed by atoms with Crippen LogP contribution < -0.4 is 10.6 Å². The molecule has 1 unspecified atom stereocenters. The first kappa shape index (κ1) is 35.8. The fraction of sp³-hybridized carbons (Fsp3) is 0.447. The molecule has 1 aliphatic carbocycles. The van der Waals surface area contributed by atoms with Gasteiger partial charge in [0, 0.05) is 42.4 Å². The second-order valence-electron chi connectivity index (χ2n) is 14.7. The molecule has 3 amide bonds. The highest BCUT2D eigenvalue weighted by Crippen LogP contribution is 2.39. The first-order valence-electron chi connectivity index (χ1n) is 18.3. The highest BCUT2D eigenvalue weighted by atomic mass is 19.4. The van der Waals surface area contributed by atoms with Crippen molar-refractivity contribution in [2.24, 2.45) is 5.92 Å². The summed E-state index contributed by atoms with van der Waals surface area (Å²) in [6, 6.07) is 10.2. The molecule has 3 fully saturated rings. The molecule has 2 saturated heterocycles. The summed E-state index contributed by atoms with van der Waals surface area (Å²) < 4.78 is 58.8. The number of amides is 3. The molecule has 5 aromatic rings. The van der Waals surface area contributed by atoms with Crippen LogP contribution in [0.15, 0.2) is 54.9 Å². The van der Waals surface area contributed by atoms with Crippen molar-refractivity contribution in [1.29, 1.82) is 0 Å². The Hall–Kier alpha value is -5.25. The Morgan fingerprint density at radius 3 is 2.57 bits per heavy atom. The lowest BCUT2D eigenvalue weighted by Gasteiger charge is -2.38. The molecule has 0 spiro atoms. The number of aryl methyl sites for hydroxylation is 1. The van der Waals surface area contributed by atoms with Crippen LogP contribution in [0.4, 0.5) is 23.4 Å². The lowest BCUT2D eigenvalue weighted by Crippen LogP contribution is -2.43. The molecule has 8 rings (SSSR count). The Morgan fingerprint density at radius 1 is 1.02 bits per heavy atom. The number of imide groups is 1. The summed E-state index contributed by atoms with van der Waals surface area (Å²) in [6.07, 6.45) is 2.76. The lowest BCUT2D eigenvalue weighted by atomic mass is 9.83. The summed E-state index contributed by atoms with van der Waals surface area (Å²) in [5.74, 6) is -1.11. The number of anilines is 1. The molecule has 1 saturated carbocycles.